The molecular formula is C13H12FNO2. The highest BCUT2D eigenvalue weighted by Gasteiger charge is 2.14. The maximum Gasteiger partial charge on any atom is 0.352 e. The first kappa shape index (κ1) is 11.4. The maximum atomic E-state index is 13.6. The number of carboxylic acid groups (broad SMARTS) is 1. The Morgan fingerprint density at radius 2 is 2.12 bits per heavy atom. The Morgan fingerprint density at radius 1 is 1.41 bits per heavy atom. The van der Waals surface area contributed by atoms with Crippen molar-refractivity contribution in [2.45, 2.75) is 13.5 Å². The van der Waals surface area contributed by atoms with E-state index in [0.29, 0.717) is 17.7 Å². The number of halogens is 1. The molecule has 3 nitrogen and oxygen atoms in total. The van der Waals surface area contributed by atoms with Crippen LogP contribution in [0, 0.1) is 5.82 Å². The highest BCUT2D eigenvalue weighted by Crippen LogP contribution is 2.24. The smallest absolute Gasteiger partial charge is 0.352 e. The number of aryl methyl sites for hydroxylation is 1. The molecule has 0 fully saturated rings. The van der Waals surface area contributed by atoms with Crippen molar-refractivity contribution in [3.05, 3.63) is 48.0 Å². The van der Waals surface area contributed by atoms with Gasteiger partial charge < -0.3 is 9.67 Å². The fraction of sp³-hybridized carbons (Fsp3) is 0.154. The van der Waals surface area contributed by atoms with Gasteiger partial charge in [0, 0.05) is 23.9 Å². The minimum atomic E-state index is -1.01. The Morgan fingerprint density at radius 3 is 2.65 bits per heavy atom. The molecule has 1 heterocycles. The minimum absolute atomic E-state index is 0.172. The van der Waals surface area contributed by atoms with E-state index in [0.717, 1.165) is 0 Å². The van der Waals surface area contributed by atoms with Crippen LogP contribution in [0.25, 0.3) is 11.1 Å². The summed E-state index contributed by atoms with van der Waals surface area (Å²) in [6.07, 6.45) is 1.65. The summed E-state index contributed by atoms with van der Waals surface area (Å²) in [5, 5.41) is 9.01. The summed E-state index contributed by atoms with van der Waals surface area (Å²) in [5.74, 6) is -1.35. The zero-order chi connectivity index (χ0) is 12.4. The third-order valence-electron chi connectivity index (χ3n) is 2.64. The van der Waals surface area contributed by atoms with Gasteiger partial charge in [-0.05, 0) is 19.1 Å². The summed E-state index contributed by atoms with van der Waals surface area (Å²) in [4.78, 5) is 11.0. The van der Waals surface area contributed by atoms with E-state index in [4.69, 9.17) is 5.11 Å². The number of carboxylic acids is 1. The molecule has 0 saturated carbocycles. The molecule has 2 aromatic rings. The molecule has 17 heavy (non-hydrogen) atoms. The van der Waals surface area contributed by atoms with Crippen LogP contribution in [0.3, 0.4) is 0 Å². The summed E-state index contributed by atoms with van der Waals surface area (Å²) in [6, 6.07) is 7.81. The van der Waals surface area contributed by atoms with Crippen LogP contribution in [0.15, 0.2) is 36.5 Å². The van der Waals surface area contributed by atoms with Crippen molar-refractivity contribution in [3.8, 4) is 11.1 Å². The van der Waals surface area contributed by atoms with Crippen LogP contribution in [0.4, 0.5) is 4.39 Å². The zero-order valence-electron chi connectivity index (χ0n) is 9.35. The molecule has 0 radical (unpaired) electrons. The van der Waals surface area contributed by atoms with Crippen LogP contribution in [-0.2, 0) is 6.54 Å². The molecule has 0 aliphatic rings. The molecule has 0 aliphatic heterocycles. The van der Waals surface area contributed by atoms with E-state index in [1.807, 2.05) is 6.92 Å². The van der Waals surface area contributed by atoms with Crippen LogP contribution < -0.4 is 0 Å². The first-order valence-corrected chi connectivity index (χ1v) is 5.32. The minimum Gasteiger partial charge on any atom is -0.477 e. The van der Waals surface area contributed by atoms with Crippen LogP contribution in [-0.4, -0.2) is 15.6 Å². The SMILES string of the molecule is CCn1cc(-c2ccccc2F)cc1C(=O)O. The molecule has 1 aromatic carbocycles. The lowest BCUT2D eigenvalue weighted by Crippen LogP contribution is -2.05. The van der Waals surface area contributed by atoms with Crippen molar-refractivity contribution in [3.63, 3.8) is 0 Å². The number of benzene rings is 1. The topological polar surface area (TPSA) is 42.2 Å². The Balaban J connectivity index is 2.54. The third-order valence-corrected chi connectivity index (χ3v) is 2.64. The predicted molar refractivity (Wildman–Crippen MR) is 62.5 cm³/mol. The van der Waals surface area contributed by atoms with Gasteiger partial charge in [0.25, 0.3) is 0 Å². The number of aromatic nitrogens is 1. The normalized spacial score (nSPS) is 10.5. The van der Waals surface area contributed by atoms with Gasteiger partial charge in [0.05, 0.1) is 0 Å². The second-order valence-corrected chi connectivity index (χ2v) is 3.69. The Kier molecular flexibility index (Phi) is 2.95. The van der Waals surface area contributed by atoms with Crippen LogP contribution in [0.5, 0.6) is 0 Å². The first-order valence-electron chi connectivity index (χ1n) is 5.32. The number of hydrogen-bond donors (Lipinski definition) is 1. The highest BCUT2D eigenvalue weighted by molar-refractivity contribution is 5.88. The second-order valence-electron chi connectivity index (χ2n) is 3.69. The van der Waals surface area contributed by atoms with Crippen molar-refractivity contribution in [2.24, 2.45) is 0 Å². The van der Waals surface area contributed by atoms with Crippen LogP contribution in [0.2, 0.25) is 0 Å². The highest BCUT2D eigenvalue weighted by atomic mass is 19.1. The van der Waals surface area contributed by atoms with Crippen molar-refractivity contribution < 1.29 is 14.3 Å². The standard InChI is InChI=1S/C13H12FNO2/c1-2-15-8-9(7-12(15)13(16)17)10-5-3-4-6-11(10)14/h3-8H,2H2,1H3,(H,16,17). The van der Waals surface area contributed by atoms with Gasteiger partial charge in [-0.2, -0.15) is 0 Å². The van der Waals surface area contributed by atoms with Gasteiger partial charge in [-0.3, -0.25) is 0 Å². The number of aromatic carboxylic acids is 1. The summed E-state index contributed by atoms with van der Waals surface area (Å²) < 4.78 is 15.2. The summed E-state index contributed by atoms with van der Waals surface area (Å²) >= 11 is 0. The average Bonchev–Trinajstić information content (AvgIpc) is 2.73. The lowest BCUT2D eigenvalue weighted by atomic mass is 10.1. The molecule has 0 amide bonds. The summed E-state index contributed by atoms with van der Waals surface area (Å²) in [5.41, 5.74) is 1.18. The molecule has 0 atom stereocenters. The molecule has 1 aromatic heterocycles. The van der Waals surface area contributed by atoms with Crippen molar-refractivity contribution >= 4 is 5.97 Å². The van der Waals surface area contributed by atoms with E-state index in [-0.39, 0.29) is 11.5 Å². The number of rotatable bonds is 3. The van der Waals surface area contributed by atoms with E-state index in [2.05, 4.69) is 0 Å². The Bertz CT molecular complexity index is 560. The van der Waals surface area contributed by atoms with Gasteiger partial charge >= 0.3 is 5.97 Å². The lowest BCUT2D eigenvalue weighted by molar-refractivity contribution is 0.0685. The van der Waals surface area contributed by atoms with Crippen molar-refractivity contribution in [1.29, 1.82) is 0 Å². The van der Waals surface area contributed by atoms with E-state index in [1.165, 1.54) is 12.1 Å². The van der Waals surface area contributed by atoms with Crippen molar-refractivity contribution in [1.82, 2.24) is 4.57 Å². The van der Waals surface area contributed by atoms with E-state index >= 15 is 0 Å². The molecule has 0 bridgehead atoms. The van der Waals surface area contributed by atoms with E-state index < -0.39 is 5.97 Å². The van der Waals surface area contributed by atoms with Crippen LogP contribution in [0.1, 0.15) is 17.4 Å². The van der Waals surface area contributed by atoms with Gasteiger partial charge in [0.15, 0.2) is 0 Å². The average molecular weight is 233 g/mol. The third kappa shape index (κ3) is 2.06. The molecule has 0 unspecified atom stereocenters. The Labute approximate surface area is 98.1 Å². The maximum absolute atomic E-state index is 13.6. The molecule has 0 spiro atoms. The van der Waals surface area contributed by atoms with Gasteiger partial charge in [-0.25, -0.2) is 9.18 Å². The van der Waals surface area contributed by atoms with Gasteiger partial charge in [0.1, 0.15) is 11.5 Å². The quantitative estimate of drug-likeness (QED) is 0.885. The lowest BCUT2D eigenvalue weighted by Gasteiger charge is -2.00. The molecule has 1 N–H and O–H groups in total. The number of hydrogen-bond acceptors (Lipinski definition) is 1. The molecule has 0 aliphatic carbocycles. The van der Waals surface area contributed by atoms with Gasteiger partial charge in [-0.15, -0.1) is 0 Å². The number of carbonyl (C=O) groups is 1. The predicted octanol–water partition coefficient (Wildman–Crippen LogP) is 3.01. The van der Waals surface area contributed by atoms with Crippen molar-refractivity contribution in [2.75, 3.05) is 0 Å². The number of nitrogens with zero attached hydrogens (tertiary/aromatic N) is 1. The van der Waals surface area contributed by atoms with Gasteiger partial charge in [0.2, 0.25) is 0 Å². The first-order chi connectivity index (χ1) is 8.13. The summed E-state index contributed by atoms with van der Waals surface area (Å²) in [6.45, 7) is 2.38. The summed E-state index contributed by atoms with van der Waals surface area (Å²) in [7, 11) is 0. The fourth-order valence-electron chi connectivity index (χ4n) is 1.79. The zero-order valence-corrected chi connectivity index (χ0v) is 9.35. The van der Waals surface area contributed by atoms with Crippen LogP contribution >= 0.6 is 0 Å². The van der Waals surface area contributed by atoms with E-state index in [9.17, 15) is 9.18 Å². The van der Waals surface area contributed by atoms with E-state index in [1.54, 1.807) is 29.0 Å². The fourth-order valence-corrected chi connectivity index (χ4v) is 1.79. The second kappa shape index (κ2) is 4.41. The molecular weight excluding hydrogens is 221 g/mol. The molecule has 4 heteroatoms. The molecule has 0 saturated heterocycles. The monoisotopic (exact) mass is 233 g/mol. The Hall–Kier alpha value is -2.10. The molecule has 88 valence electrons. The largest absolute Gasteiger partial charge is 0.477 e. The molecule has 2 rings (SSSR count). The van der Waals surface area contributed by atoms with Gasteiger partial charge in [-0.1, -0.05) is 18.2 Å².